The van der Waals surface area contributed by atoms with E-state index < -0.39 is 0 Å². The Labute approximate surface area is 105 Å². The molecule has 3 heteroatoms. The topological polar surface area (TPSA) is 41.1 Å². The first kappa shape index (κ1) is 14.2. The van der Waals surface area contributed by atoms with Crippen LogP contribution in [0.1, 0.15) is 40.5 Å². The average molecular weight is 238 g/mol. The van der Waals surface area contributed by atoms with Gasteiger partial charge in [0.2, 0.25) is 5.91 Å². The zero-order valence-corrected chi connectivity index (χ0v) is 11.6. The van der Waals surface area contributed by atoms with Crippen LogP contribution >= 0.6 is 0 Å². The molecule has 0 aromatic carbocycles. The maximum Gasteiger partial charge on any atom is 0.225 e. The standard InChI is InChI=1S/C14H26N2O/c1-11(2)9-14(3,4)13(17)16-10-12-5-7-15-8-6-12/h5,11,15H,6-10H2,1-4H3,(H,16,17). The normalized spacial score (nSPS) is 16.9. The van der Waals surface area contributed by atoms with Gasteiger partial charge in [-0.15, -0.1) is 0 Å². The van der Waals surface area contributed by atoms with Crippen molar-refractivity contribution in [2.24, 2.45) is 11.3 Å². The first-order valence-corrected chi connectivity index (χ1v) is 6.59. The van der Waals surface area contributed by atoms with E-state index >= 15 is 0 Å². The van der Waals surface area contributed by atoms with Crippen LogP contribution in [0.4, 0.5) is 0 Å². The molecule has 1 rings (SSSR count). The third kappa shape index (κ3) is 4.90. The van der Waals surface area contributed by atoms with Crippen molar-refractivity contribution in [1.82, 2.24) is 10.6 Å². The van der Waals surface area contributed by atoms with E-state index in [4.69, 9.17) is 0 Å². The Balaban J connectivity index is 2.40. The monoisotopic (exact) mass is 238 g/mol. The lowest BCUT2D eigenvalue weighted by molar-refractivity contribution is -0.129. The van der Waals surface area contributed by atoms with Crippen molar-refractivity contribution < 1.29 is 4.79 Å². The fourth-order valence-electron chi connectivity index (χ4n) is 2.38. The molecular formula is C14H26N2O. The summed E-state index contributed by atoms with van der Waals surface area (Å²) >= 11 is 0. The molecule has 2 N–H and O–H groups in total. The van der Waals surface area contributed by atoms with E-state index in [0.29, 0.717) is 12.5 Å². The van der Waals surface area contributed by atoms with Crippen LogP contribution in [0.15, 0.2) is 11.6 Å². The van der Waals surface area contributed by atoms with Crippen LogP contribution in [0.5, 0.6) is 0 Å². The number of carbonyl (C=O) groups is 1. The quantitative estimate of drug-likeness (QED) is 0.720. The highest BCUT2D eigenvalue weighted by molar-refractivity contribution is 5.82. The number of rotatable bonds is 5. The SMILES string of the molecule is CC(C)CC(C)(C)C(=O)NCC1=CCNCC1. The average Bonchev–Trinajstić information content (AvgIpc) is 2.25. The van der Waals surface area contributed by atoms with E-state index in [1.165, 1.54) is 5.57 Å². The van der Waals surface area contributed by atoms with Gasteiger partial charge in [-0.2, -0.15) is 0 Å². The minimum atomic E-state index is -0.262. The summed E-state index contributed by atoms with van der Waals surface area (Å²) in [6, 6.07) is 0. The highest BCUT2D eigenvalue weighted by Crippen LogP contribution is 2.25. The van der Waals surface area contributed by atoms with Crippen molar-refractivity contribution in [3.63, 3.8) is 0 Å². The lowest BCUT2D eigenvalue weighted by Gasteiger charge is -2.26. The van der Waals surface area contributed by atoms with Crippen molar-refractivity contribution in [1.29, 1.82) is 0 Å². The molecule has 0 aliphatic carbocycles. The predicted molar refractivity (Wildman–Crippen MR) is 71.8 cm³/mol. The zero-order valence-electron chi connectivity index (χ0n) is 11.6. The Hall–Kier alpha value is -0.830. The van der Waals surface area contributed by atoms with Gasteiger partial charge in [-0.3, -0.25) is 4.79 Å². The van der Waals surface area contributed by atoms with Crippen molar-refractivity contribution in [2.75, 3.05) is 19.6 Å². The molecule has 0 aromatic heterocycles. The molecule has 0 unspecified atom stereocenters. The van der Waals surface area contributed by atoms with E-state index in [1.54, 1.807) is 0 Å². The predicted octanol–water partition coefficient (Wildman–Crippen LogP) is 2.09. The summed E-state index contributed by atoms with van der Waals surface area (Å²) in [4.78, 5) is 12.1. The van der Waals surface area contributed by atoms with Gasteiger partial charge in [-0.1, -0.05) is 39.3 Å². The van der Waals surface area contributed by atoms with Crippen LogP contribution in [0, 0.1) is 11.3 Å². The Morgan fingerprint density at radius 2 is 2.24 bits per heavy atom. The molecular weight excluding hydrogens is 212 g/mol. The largest absolute Gasteiger partial charge is 0.352 e. The maximum atomic E-state index is 12.1. The van der Waals surface area contributed by atoms with E-state index in [9.17, 15) is 4.79 Å². The molecule has 0 fully saturated rings. The summed E-state index contributed by atoms with van der Waals surface area (Å²) in [6.07, 6.45) is 4.16. The molecule has 1 amide bonds. The fraction of sp³-hybridized carbons (Fsp3) is 0.786. The minimum absolute atomic E-state index is 0.172. The molecule has 0 radical (unpaired) electrons. The Morgan fingerprint density at radius 3 is 2.76 bits per heavy atom. The molecule has 98 valence electrons. The van der Waals surface area contributed by atoms with Gasteiger partial charge in [0.25, 0.3) is 0 Å². The van der Waals surface area contributed by atoms with Gasteiger partial charge in [-0.25, -0.2) is 0 Å². The third-order valence-electron chi connectivity index (χ3n) is 3.17. The molecule has 0 saturated heterocycles. The Bertz CT molecular complexity index is 293. The van der Waals surface area contributed by atoms with E-state index in [0.717, 1.165) is 25.9 Å². The van der Waals surface area contributed by atoms with Crippen molar-refractivity contribution in [3.8, 4) is 0 Å². The molecule has 1 heterocycles. The van der Waals surface area contributed by atoms with Crippen molar-refractivity contribution in [3.05, 3.63) is 11.6 Å². The molecule has 0 atom stereocenters. The lowest BCUT2D eigenvalue weighted by Crippen LogP contribution is -2.39. The minimum Gasteiger partial charge on any atom is -0.352 e. The summed E-state index contributed by atoms with van der Waals surface area (Å²) in [5, 5.41) is 6.33. The number of carbonyl (C=O) groups excluding carboxylic acids is 1. The Morgan fingerprint density at radius 1 is 1.53 bits per heavy atom. The molecule has 1 aliphatic heterocycles. The van der Waals surface area contributed by atoms with Crippen LogP contribution in [0.2, 0.25) is 0 Å². The van der Waals surface area contributed by atoms with Gasteiger partial charge in [0, 0.05) is 18.5 Å². The molecule has 17 heavy (non-hydrogen) atoms. The third-order valence-corrected chi connectivity index (χ3v) is 3.17. The van der Waals surface area contributed by atoms with Gasteiger partial charge in [-0.05, 0) is 25.3 Å². The first-order chi connectivity index (χ1) is 7.92. The van der Waals surface area contributed by atoms with Gasteiger partial charge in [0.05, 0.1) is 0 Å². The molecule has 0 saturated carbocycles. The van der Waals surface area contributed by atoms with Gasteiger partial charge in [0.1, 0.15) is 0 Å². The fourth-order valence-corrected chi connectivity index (χ4v) is 2.38. The highest BCUT2D eigenvalue weighted by Gasteiger charge is 2.28. The number of hydrogen-bond donors (Lipinski definition) is 2. The van der Waals surface area contributed by atoms with E-state index in [2.05, 4.69) is 30.6 Å². The molecule has 1 aliphatic rings. The van der Waals surface area contributed by atoms with E-state index in [-0.39, 0.29) is 11.3 Å². The summed E-state index contributed by atoms with van der Waals surface area (Å²) < 4.78 is 0. The summed E-state index contributed by atoms with van der Waals surface area (Å²) in [5.74, 6) is 0.722. The number of nitrogens with one attached hydrogen (secondary N) is 2. The zero-order chi connectivity index (χ0) is 12.9. The maximum absolute atomic E-state index is 12.1. The second-order valence-electron chi connectivity index (χ2n) is 5.98. The molecule has 3 nitrogen and oxygen atoms in total. The molecule has 0 spiro atoms. The smallest absolute Gasteiger partial charge is 0.225 e. The van der Waals surface area contributed by atoms with Gasteiger partial charge < -0.3 is 10.6 Å². The Kier molecular flexibility index (Phi) is 5.19. The van der Waals surface area contributed by atoms with Crippen LogP contribution in [0.25, 0.3) is 0 Å². The second kappa shape index (κ2) is 6.20. The van der Waals surface area contributed by atoms with Crippen LogP contribution in [-0.2, 0) is 4.79 Å². The second-order valence-corrected chi connectivity index (χ2v) is 5.98. The number of hydrogen-bond acceptors (Lipinski definition) is 2. The number of amides is 1. The van der Waals surface area contributed by atoms with E-state index in [1.807, 2.05) is 13.8 Å². The summed E-state index contributed by atoms with van der Waals surface area (Å²) in [6.45, 7) is 11.0. The summed E-state index contributed by atoms with van der Waals surface area (Å²) in [7, 11) is 0. The van der Waals surface area contributed by atoms with Gasteiger partial charge >= 0.3 is 0 Å². The van der Waals surface area contributed by atoms with Crippen LogP contribution in [-0.4, -0.2) is 25.5 Å². The first-order valence-electron chi connectivity index (χ1n) is 6.59. The highest BCUT2D eigenvalue weighted by atomic mass is 16.2. The van der Waals surface area contributed by atoms with Crippen LogP contribution < -0.4 is 10.6 Å². The summed E-state index contributed by atoms with van der Waals surface area (Å²) in [5.41, 5.74) is 1.08. The molecule has 0 aromatic rings. The lowest BCUT2D eigenvalue weighted by atomic mass is 9.83. The molecule has 0 bridgehead atoms. The van der Waals surface area contributed by atoms with Crippen LogP contribution in [0.3, 0.4) is 0 Å². The van der Waals surface area contributed by atoms with Crippen molar-refractivity contribution in [2.45, 2.75) is 40.5 Å². The van der Waals surface area contributed by atoms with Gasteiger partial charge in [0.15, 0.2) is 0 Å². The van der Waals surface area contributed by atoms with Crippen molar-refractivity contribution >= 4 is 5.91 Å².